The van der Waals surface area contributed by atoms with Gasteiger partial charge in [0.05, 0.1) is 24.8 Å². The van der Waals surface area contributed by atoms with Crippen molar-refractivity contribution in [1.29, 1.82) is 0 Å². The summed E-state index contributed by atoms with van der Waals surface area (Å²) in [7, 11) is 1.34. The fourth-order valence-electron chi connectivity index (χ4n) is 2.04. The number of likely N-dealkylation sites (N-methyl/N-ethyl adjacent to an activating group) is 1. The number of fused-ring (bicyclic) bond motifs is 1. The van der Waals surface area contributed by atoms with Crippen molar-refractivity contribution in [1.82, 2.24) is 0 Å². The van der Waals surface area contributed by atoms with Crippen molar-refractivity contribution in [2.24, 2.45) is 0 Å². The van der Waals surface area contributed by atoms with E-state index in [2.05, 4.69) is 0 Å². The second-order valence-electron chi connectivity index (χ2n) is 3.62. The zero-order chi connectivity index (χ0) is 11.7. The third-order valence-corrected chi connectivity index (χ3v) is 2.75. The summed E-state index contributed by atoms with van der Waals surface area (Å²) >= 11 is 0. The number of ether oxygens (including phenoxy) is 1. The summed E-state index contributed by atoms with van der Waals surface area (Å²) in [5.41, 5.74) is 2.07. The lowest BCUT2D eigenvalue weighted by Gasteiger charge is -2.17. The number of hydrogen-bond donors (Lipinski definition) is 0. The molecule has 1 aromatic carbocycles. The maximum absolute atomic E-state index is 11.7. The smallest absolute Gasteiger partial charge is 0.339 e. The zero-order valence-corrected chi connectivity index (χ0v) is 9.32. The Hall–Kier alpha value is -1.84. The van der Waals surface area contributed by atoms with Crippen LogP contribution in [0.25, 0.3) is 0 Å². The van der Waals surface area contributed by atoms with Crippen molar-refractivity contribution in [3.63, 3.8) is 0 Å². The van der Waals surface area contributed by atoms with E-state index < -0.39 is 5.97 Å². The summed E-state index contributed by atoms with van der Waals surface area (Å²) < 4.78 is 4.71. The van der Waals surface area contributed by atoms with Crippen molar-refractivity contribution < 1.29 is 14.3 Å². The minimum absolute atomic E-state index is 0.0360. The van der Waals surface area contributed by atoms with Crippen LogP contribution in [0.4, 0.5) is 5.69 Å². The van der Waals surface area contributed by atoms with E-state index in [1.807, 2.05) is 13.0 Å². The standard InChI is InChI=1S/C12H13NO3/c1-3-13-10(14)7-8-5-4-6-9(11(8)13)12(15)16-2/h4-6H,3,7H2,1-2H3. The normalized spacial score (nSPS) is 13.9. The van der Waals surface area contributed by atoms with E-state index >= 15 is 0 Å². The molecular formula is C12H13NO3. The number of esters is 1. The Balaban J connectivity index is 2.55. The monoisotopic (exact) mass is 219 g/mol. The molecule has 0 aliphatic carbocycles. The number of amides is 1. The van der Waals surface area contributed by atoms with Gasteiger partial charge in [-0.15, -0.1) is 0 Å². The molecule has 0 aromatic heterocycles. The molecule has 1 aliphatic heterocycles. The van der Waals surface area contributed by atoms with Gasteiger partial charge in [-0.2, -0.15) is 0 Å². The van der Waals surface area contributed by atoms with Crippen LogP contribution >= 0.6 is 0 Å². The van der Waals surface area contributed by atoms with Crippen LogP contribution in [0.3, 0.4) is 0 Å². The number of benzene rings is 1. The molecule has 0 saturated carbocycles. The molecule has 0 spiro atoms. The number of carbonyl (C=O) groups excluding carboxylic acids is 2. The molecule has 2 rings (SSSR count). The minimum Gasteiger partial charge on any atom is -0.465 e. The molecule has 0 atom stereocenters. The zero-order valence-electron chi connectivity index (χ0n) is 9.32. The molecule has 4 heteroatoms. The van der Waals surface area contributed by atoms with Gasteiger partial charge in [-0.05, 0) is 18.6 Å². The van der Waals surface area contributed by atoms with E-state index in [9.17, 15) is 9.59 Å². The van der Waals surface area contributed by atoms with Crippen LogP contribution in [0, 0.1) is 0 Å². The number of para-hydroxylation sites is 1. The van der Waals surface area contributed by atoms with Crippen LogP contribution in [0.15, 0.2) is 18.2 Å². The Morgan fingerprint density at radius 2 is 2.25 bits per heavy atom. The maximum Gasteiger partial charge on any atom is 0.339 e. The lowest BCUT2D eigenvalue weighted by Crippen LogP contribution is -2.27. The van der Waals surface area contributed by atoms with Gasteiger partial charge in [-0.1, -0.05) is 12.1 Å². The molecule has 1 heterocycles. The molecule has 4 nitrogen and oxygen atoms in total. The summed E-state index contributed by atoms with van der Waals surface area (Å²) in [4.78, 5) is 24.9. The van der Waals surface area contributed by atoms with Gasteiger partial charge >= 0.3 is 5.97 Å². The van der Waals surface area contributed by atoms with E-state index in [-0.39, 0.29) is 5.91 Å². The number of anilines is 1. The average molecular weight is 219 g/mol. The van der Waals surface area contributed by atoms with Gasteiger partial charge in [-0.25, -0.2) is 4.79 Å². The van der Waals surface area contributed by atoms with Crippen LogP contribution in [-0.4, -0.2) is 25.5 Å². The number of carbonyl (C=O) groups is 2. The maximum atomic E-state index is 11.7. The molecule has 0 saturated heterocycles. The van der Waals surface area contributed by atoms with Gasteiger partial charge in [0.15, 0.2) is 0 Å². The van der Waals surface area contributed by atoms with Crippen molar-refractivity contribution in [2.45, 2.75) is 13.3 Å². The molecule has 1 aromatic rings. The largest absolute Gasteiger partial charge is 0.465 e. The molecule has 1 aliphatic rings. The van der Waals surface area contributed by atoms with Gasteiger partial charge in [0.1, 0.15) is 0 Å². The first kappa shape index (κ1) is 10.7. The highest BCUT2D eigenvalue weighted by Gasteiger charge is 2.30. The summed E-state index contributed by atoms with van der Waals surface area (Å²) in [5.74, 6) is -0.362. The predicted molar refractivity (Wildman–Crippen MR) is 59.5 cm³/mol. The minimum atomic E-state index is -0.398. The van der Waals surface area contributed by atoms with Crippen molar-refractivity contribution in [3.8, 4) is 0 Å². The van der Waals surface area contributed by atoms with Crippen LogP contribution in [0.5, 0.6) is 0 Å². The lowest BCUT2D eigenvalue weighted by molar-refractivity contribution is -0.117. The Morgan fingerprint density at radius 3 is 2.88 bits per heavy atom. The van der Waals surface area contributed by atoms with Crippen molar-refractivity contribution >= 4 is 17.6 Å². The molecule has 1 amide bonds. The number of methoxy groups -OCH3 is 1. The fraction of sp³-hybridized carbons (Fsp3) is 0.333. The fourth-order valence-corrected chi connectivity index (χ4v) is 2.04. The third kappa shape index (κ3) is 1.46. The Labute approximate surface area is 93.8 Å². The van der Waals surface area contributed by atoms with E-state index in [4.69, 9.17) is 4.74 Å². The molecule has 0 radical (unpaired) electrons. The van der Waals surface area contributed by atoms with Gasteiger partial charge in [-0.3, -0.25) is 4.79 Å². The molecule has 16 heavy (non-hydrogen) atoms. The second-order valence-corrected chi connectivity index (χ2v) is 3.62. The molecule has 0 N–H and O–H groups in total. The van der Waals surface area contributed by atoms with Gasteiger partial charge < -0.3 is 9.64 Å². The summed E-state index contributed by atoms with van der Waals surface area (Å²) in [6.07, 6.45) is 0.369. The highest BCUT2D eigenvalue weighted by atomic mass is 16.5. The Morgan fingerprint density at radius 1 is 1.50 bits per heavy atom. The first-order valence-corrected chi connectivity index (χ1v) is 5.19. The van der Waals surface area contributed by atoms with E-state index in [1.54, 1.807) is 17.0 Å². The Kier molecular flexibility index (Phi) is 2.64. The summed E-state index contributed by atoms with van der Waals surface area (Å²) in [6, 6.07) is 5.33. The quantitative estimate of drug-likeness (QED) is 0.706. The molecule has 84 valence electrons. The van der Waals surface area contributed by atoms with Gasteiger partial charge in [0, 0.05) is 6.54 Å². The summed E-state index contributed by atoms with van der Waals surface area (Å²) in [5, 5.41) is 0. The molecule has 0 bridgehead atoms. The van der Waals surface area contributed by atoms with Gasteiger partial charge in [0.2, 0.25) is 5.91 Å². The van der Waals surface area contributed by atoms with Crippen LogP contribution in [-0.2, 0) is 16.0 Å². The average Bonchev–Trinajstić information content (AvgIpc) is 2.63. The SMILES string of the molecule is CCN1C(=O)Cc2cccc(C(=O)OC)c21. The number of rotatable bonds is 2. The predicted octanol–water partition coefficient (Wildman–Crippen LogP) is 1.38. The van der Waals surface area contributed by atoms with Gasteiger partial charge in [0.25, 0.3) is 0 Å². The molecule has 0 fully saturated rings. The van der Waals surface area contributed by atoms with E-state index in [0.29, 0.717) is 24.2 Å². The topological polar surface area (TPSA) is 46.6 Å². The number of nitrogens with zero attached hydrogens (tertiary/aromatic N) is 1. The molecular weight excluding hydrogens is 206 g/mol. The molecule has 0 unspecified atom stereocenters. The van der Waals surface area contributed by atoms with Crippen molar-refractivity contribution in [2.75, 3.05) is 18.6 Å². The van der Waals surface area contributed by atoms with Crippen LogP contribution in [0.1, 0.15) is 22.8 Å². The summed E-state index contributed by atoms with van der Waals surface area (Å²) in [6.45, 7) is 2.46. The lowest BCUT2D eigenvalue weighted by atomic mass is 10.1. The first-order chi connectivity index (χ1) is 7.69. The van der Waals surface area contributed by atoms with E-state index in [1.165, 1.54) is 7.11 Å². The third-order valence-electron chi connectivity index (χ3n) is 2.75. The van der Waals surface area contributed by atoms with Crippen LogP contribution < -0.4 is 4.90 Å². The van der Waals surface area contributed by atoms with Crippen LogP contribution in [0.2, 0.25) is 0 Å². The highest BCUT2D eigenvalue weighted by molar-refractivity contribution is 6.08. The highest BCUT2D eigenvalue weighted by Crippen LogP contribution is 2.32. The second kappa shape index (κ2) is 3.96. The Bertz CT molecular complexity index is 454. The van der Waals surface area contributed by atoms with Crippen molar-refractivity contribution in [3.05, 3.63) is 29.3 Å². The first-order valence-electron chi connectivity index (χ1n) is 5.19. The number of hydrogen-bond acceptors (Lipinski definition) is 3. The van der Waals surface area contributed by atoms with E-state index in [0.717, 1.165) is 5.56 Å².